The molecule has 2 rings (SSSR count). The van der Waals surface area contributed by atoms with Crippen LogP contribution in [0.5, 0.6) is 0 Å². The lowest BCUT2D eigenvalue weighted by atomic mass is 10.1. The van der Waals surface area contributed by atoms with Crippen molar-refractivity contribution in [2.75, 3.05) is 6.54 Å². The lowest BCUT2D eigenvalue weighted by Crippen LogP contribution is -2.44. The van der Waals surface area contributed by atoms with Crippen LogP contribution in [-0.4, -0.2) is 29.3 Å². The minimum absolute atomic E-state index is 0.0175. The molecular weight excluding hydrogens is 254 g/mol. The summed E-state index contributed by atoms with van der Waals surface area (Å²) in [7, 11) is 0. The van der Waals surface area contributed by atoms with Crippen LogP contribution in [0.4, 0.5) is 0 Å². The number of primary amides is 1. The van der Waals surface area contributed by atoms with Crippen molar-refractivity contribution in [1.82, 2.24) is 4.90 Å². The van der Waals surface area contributed by atoms with E-state index < -0.39 is 5.91 Å². The number of hydrogen-bond donors (Lipinski definition) is 2. The molecule has 1 aliphatic rings. The zero-order chi connectivity index (χ0) is 14.5. The Balaban J connectivity index is 2.22. The van der Waals surface area contributed by atoms with Gasteiger partial charge in [0.1, 0.15) is 0 Å². The van der Waals surface area contributed by atoms with Crippen LogP contribution in [-0.2, 0) is 11.3 Å². The Morgan fingerprint density at radius 2 is 1.95 bits per heavy atom. The summed E-state index contributed by atoms with van der Waals surface area (Å²) in [5.41, 5.74) is 12.4. The number of carbonyl (C=O) groups is 2. The van der Waals surface area contributed by atoms with Gasteiger partial charge in [0.15, 0.2) is 0 Å². The summed E-state index contributed by atoms with van der Waals surface area (Å²) in [5, 5.41) is 0. The van der Waals surface area contributed by atoms with E-state index in [4.69, 9.17) is 11.5 Å². The first-order chi connectivity index (χ1) is 9.61. The third kappa shape index (κ3) is 3.36. The highest BCUT2D eigenvalue weighted by Crippen LogP contribution is 2.24. The second-order valence-corrected chi connectivity index (χ2v) is 5.24. The molecule has 5 heteroatoms. The number of amides is 2. The molecule has 20 heavy (non-hydrogen) atoms. The van der Waals surface area contributed by atoms with E-state index in [1.165, 1.54) is 0 Å². The van der Waals surface area contributed by atoms with E-state index in [-0.39, 0.29) is 18.5 Å². The quantitative estimate of drug-likeness (QED) is 0.840. The number of benzene rings is 1. The maximum atomic E-state index is 12.6. The molecule has 1 aromatic rings. The highest BCUT2D eigenvalue weighted by molar-refractivity contribution is 5.96. The molecule has 0 bridgehead atoms. The fourth-order valence-corrected chi connectivity index (χ4v) is 2.75. The molecular formula is C15H21N3O2. The lowest BCUT2D eigenvalue weighted by molar-refractivity contribution is -0.119. The smallest absolute Gasteiger partial charge is 0.254 e. The number of hydrogen-bond acceptors (Lipinski definition) is 3. The van der Waals surface area contributed by atoms with Gasteiger partial charge in [-0.05, 0) is 30.5 Å². The maximum absolute atomic E-state index is 12.6. The second-order valence-electron chi connectivity index (χ2n) is 5.24. The predicted octanol–water partition coefficient (Wildman–Crippen LogP) is 1.02. The molecule has 4 N–H and O–H groups in total. The lowest BCUT2D eigenvalue weighted by Gasteiger charge is -2.28. The van der Waals surface area contributed by atoms with Crippen molar-refractivity contribution >= 4 is 11.8 Å². The zero-order valence-electron chi connectivity index (χ0n) is 11.5. The first kappa shape index (κ1) is 14.5. The molecule has 0 spiro atoms. The summed E-state index contributed by atoms with van der Waals surface area (Å²) in [6, 6.07) is 7.35. The van der Waals surface area contributed by atoms with E-state index in [2.05, 4.69) is 0 Å². The topological polar surface area (TPSA) is 89.4 Å². The molecule has 1 saturated carbocycles. The van der Waals surface area contributed by atoms with Crippen molar-refractivity contribution in [3.8, 4) is 0 Å². The van der Waals surface area contributed by atoms with E-state index in [1.807, 2.05) is 12.1 Å². The highest BCUT2D eigenvalue weighted by atomic mass is 16.2. The Kier molecular flexibility index (Phi) is 4.74. The average molecular weight is 275 g/mol. The number of nitrogens with two attached hydrogens (primary N) is 2. The van der Waals surface area contributed by atoms with Crippen LogP contribution in [0.25, 0.3) is 0 Å². The maximum Gasteiger partial charge on any atom is 0.254 e. The molecule has 1 aromatic carbocycles. The molecule has 0 radical (unpaired) electrons. The van der Waals surface area contributed by atoms with E-state index in [0.29, 0.717) is 12.1 Å². The minimum atomic E-state index is -0.472. The Morgan fingerprint density at radius 3 is 2.55 bits per heavy atom. The van der Waals surface area contributed by atoms with E-state index >= 15 is 0 Å². The Bertz CT molecular complexity index is 496. The second kappa shape index (κ2) is 6.52. The summed E-state index contributed by atoms with van der Waals surface area (Å²) >= 11 is 0. The fourth-order valence-electron chi connectivity index (χ4n) is 2.75. The van der Waals surface area contributed by atoms with E-state index in [9.17, 15) is 9.59 Å². The van der Waals surface area contributed by atoms with Crippen LogP contribution in [0, 0.1) is 0 Å². The molecule has 0 aliphatic heterocycles. The number of nitrogens with zero attached hydrogens (tertiary/aromatic N) is 1. The summed E-state index contributed by atoms with van der Waals surface area (Å²) < 4.78 is 0. The third-order valence-electron chi connectivity index (χ3n) is 3.76. The molecule has 1 aliphatic carbocycles. The number of carbonyl (C=O) groups excluding carboxylic acids is 2. The minimum Gasteiger partial charge on any atom is -0.368 e. The van der Waals surface area contributed by atoms with Gasteiger partial charge in [-0.25, -0.2) is 0 Å². The van der Waals surface area contributed by atoms with E-state index in [0.717, 1.165) is 31.2 Å². The standard InChI is InChI=1S/C15H21N3O2/c16-9-11-4-3-5-12(8-11)15(20)18(10-14(17)19)13-6-1-2-7-13/h3-5,8,13H,1-2,6-7,9-10,16H2,(H2,17,19). The van der Waals surface area contributed by atoms with Gasteiger partial charge in [-0.1, -0.05) is 25.0 Å². The van der Waals surface area contributed by atoms with Crippen LogP contribution < -0.4 is 11.5 Å². The summed E-state index contributed by atoms with van der Waals surface area (Å²) in [6.07, 6.45) is 4.07. The molecule has 1 fully saturated rings. The summed E-state index contributed by atoms with van der Waals surface area (Å²) in [5.74, 6) is -0.605. The molecule has 0 atom stereocenters. The SMILES string of the molecule is NCc1cccc(C(=O)N(CC(N)=O)C2CCCC2)c1. The van der Waals surface area contributed by atoms with Crippen molar-refractivity contribution in [3.05, 3.63) is 35.4 Å². The van der Waals surface area contributed by atoms with Gasteiger partial charge >= 0.3 is 0 Å². The van der Waals surface area contributed by atoms with Crippen LogP contribution in [0.2, 0.25) is 0 Å². The van der Waals surface area contributed by atoms with Gasteiger partial charge in [-0.3, -0.25) is 9.59 Å². The Morgan fingerprint density at radius 1 is 1.25 bits per heavy atom. The first-order valence-electron chi connectivity index (χ1n) is 7.00. The van der Waals surface area contributed by atoms with Crippen LogP contribution in [0.15, 0.2) is 24.3 Å². The largest absolute Gasteiger partial charge is 0.368 e. The average Bonchev–Trinajstić information content (AvgIpc) is 2.98. The Hall–Kier alpha value is -1.88. The molecule has 0 unspecified atom stereocenters. The van der Waals surface area contributed by atoms with Crippen molar-refractivity contribution in [1.29, 1.82) is 0 Å². The highest BCUT2D eigenvalue weighted by Gasteiger charge is 2.28. The molecule has 2 amide bonds. The van der Waals surface area contributed by atoms with Gasteiger partial charge in [0.05, 0.1) is 6.54 Å². The van der Waals surface area contributed by atoms with Crippen molar-refractivity contribution in [2.24, 2.45) is 11.5 Å². The van der Waals surface area contributed by atoms with Crippen molar-refractivity contribution in [3.63, 3.8) is 0 Å². The molecule has 0 aromatic heterocycles. The monoisotopic (exact) mass is 275 g/mol. The van der Waals surface area contributed by atoms with Gasteiger partial charge in [-0.15, -0.1) is 0 Å². The van der Waals surface area contributed by atoms with Crippen LogP contribution >= 0.6 is 0 Å². The summed E-state index contributed by atoms with van der Waals surface area (Å²) in [4.78, 5) is 25.5. The third-order valence-corrected chi connectivity index (χ3v) is 3.76. The van der Waals surface area contributed by atoms with Gasteiger partial charge in [-0.2, -0.15) is 0 Å². The molecule has 108 valence electrons. The van der Waals surface area contributed by atoms with Crippen molar-refractivity contribution < 1.29 is 9.59 Å². The van der Waals surface area contributed by atoms with Crippen LogP contribution in [0.3, 0.4) is 0 Å². The van der Waals surface area contributed by atoms with Gasteiger partial charge < -0.3 is 16.4 Å². The van der Waals surface area contributed by atoms with Gasteiger partial charge in [0.25, 0.3) is 5.91 Å². The van der Waals surface area contributed by atoms with E-state index in [1.54, 1.807) is 17.0 Å². The van der Waals surface area contributed by atoms with Gasteiger partial charge in [0.2, 0.25) is 5.91 Å². The molecule has 0 heterocycles. The first-order valence-corrected chi connectivity index (χ1v) is 7.00. The fraction of sp³-hybridized carbons (Fsp3) is 0.467. The van der Waals surface area contributed by atoms with Crippen molar-refractivity contribution in [2.45, 2.75) is 38.3 Å². The molecule has 5 nitrogen and oxygen atoms in total. The normalized spacial score (nSPS) is 15.2. The zero-order valence-corrected chi connectivity index (χ0v) is 11.5. The summed E-state index contributed by atoms with van der Waals surface area (Å²) in [6.45, 7) is 0.372. The van der Waals surface area contributed by atoms with Crippen LogP contribution in [0.1, 0.15) is 41.6 Å². The predicted molar refractivity (Wildman–Crippen MR) is 76.8 cm³/mol. The molecule has 0 saturated heterocycles. The van der Waals surface area contributed by atoms with Gasteiger partial charge in [0, 0.05) is 18.2 Å². The number of rotatable bonds is 5. The Labute approximate surface area is 118 Å².